The molecule has 1 aromatic carbocycles. The molecule has 1 aromatic rings. The highest BCUT2D eigenvalue weighted by Crippen LogP contribution is 2.32. The predicted octanol–water partition coefficient (Wildman–Crippen LogP) is 1.10. The first-order valence-electron chi connectivity index (χ1n) is 5.53. The average molecular weight is 223 g/mol. The first-order valence-corrected chi connectivity index (χ1v) is 5.53. The van der Waals surface area contributed by atoms with Gasteiger partial charge in [0.15, 0.2) is 11.5 Å². The van der Waals surface area contributed by atoms with E-state index in [9.17, 15) is 5.11 Å². The van der Waals surface area contributed by atoms with Crippen LogP contribution >= 0.6 is 0 Å². The van der Waals surface area contributed by atoms with Crippen molar-refractivity contribution in [2.45, 2.75) is 12.5 Å². The summed E-state index contributed by atoms with van der Waals surface area (Å²) >= 11 is 0. The number of aliphatic hydroxyl groups excluding tert-OH is 1. The number of hydrogen-bond donors (Lipinski definition) is 2. The zero-order chi connectivity index (χ0) is 11.4. The molecule has 0 saturated carbocycles. The molecular formula is C12H17NO3. The summed E-state index contributed by atoms with van der Waals surface area (Å²) in [6.45, 7) is 1.88. The van der Waals surface area contributed by atoms with Gasteiger partial charge in [0, 0.05) is 13.0 Å². The van der Waals surface area contributed by atoms with Crippen LogP contribution in [0, 0.1) is 0 Å². The summed E-state index contributed by atoms with van der Waals surface area (Å²) in [6, 6.07) is 5.58. The Morgan fingerprint density at radius 1 is 1.31 bits per heavy atom. The molecule has 0 amide bonds. The van der Waals surface area contributed by atoms with Crippen molar-refractivity contribution in [1.82, 2.24) is 5.32 Å². The van der Waals surface area contributed by atoms with Crippen molar-refractivity contribution in [2.24, 2.45) is 0 Å². The predicted molar refractivity (Wildman–Crippen MR) is 60.9 cm³/mol. The van der Waals surface area contributed by atoms with Crippen LogP contribution in [0.4, 0.5) is 0 Å². The zero-order valence-electron chi connectivity index (χ0n) is 9.40. The number of likely N-dealkylation sites (N-methyl/N-ethyl adjacent to an activating group) is 1. The topological polar surface area (TPSA) is 50.7 Å². The van der Waals surface area contributed by atoms with E-state index < -0.39 is 6.10 Å². The van der Waals surface area contributed by atoms with Crippen molar-refractivity contribution in [3.63, 3.8) is 0 Å². The summed E-state index contributed by atoms with van der Waals surface area (Å²) < 4.78 is 11.1. The van der Waals surface area contributed by atoms with Gasteiger partial charge in [-0.25, -0.2) is 0 Å². The number of hydrogen-bond acceptors (Lipinski definition) is 4. The average Bonchev–Trinajstić information content (AvgIpc) is 2.53. The Bertz CT molecular complexity index is 354. The molecule has 1 unspecified atom stereocenters. The smallest absolute Gasteiger partial charge is 0.161 e. The zero-order valence-corrected chi connectivity index (χ0v) is 9.40. The van der Waals surface area contributed by atoms with E-state index in [0.717, 1.165) is 23.5 Å². The van der Waals surface area contributed by atoms with Crippen molar-refractivity contribution in [3.8, 4) is 11.5 Å². The summed E-state index contributed by atoms with van der Waals surface area (Å²) in [7, 11) is 1.81. The van der Waals surface area contributed by atoms with E-state index in [4.69, 9.17) is 9.47 Å². The van der Waals surface area contributed by atoms with Crippen LogP contribution < -0.4 is 14.8 Å². The third-order valence-corrected chi connectivity index (χ3v) is 2.55. The Labute approximate surface area is 95.2 Å². The van der Waals surface area contributed by atoms with Gasteiger partial charge >= 0.3 is 0 Å². The summed E-state index contributed by atoms with van der Waals surface area (Å²) in [6.07, 6.45) is 0.380. The molecule has 0 aliphatic carbocycles. The maximum atomic E-state index is 9.83. The van der Waals surface area contributed by atoms with Crippen LogP contribution in [0.25, 0.3) is 0 Å². The van der Waals surface area contributed by atoms with E-state index in [2.05, 4.69) is 5.32 Å². The van der Waals surface area contributed by atoms with E-state index in [-0.39, 0.29) is 0 Å². The van der Waals surface area contributed by atoms with Gasteiger partial charge < -0.3 is 19.9 Å². The van der Waals surface area contributed by atoms with Gasteiger partial charge in [0.2, 0.25) is 0 Å². The van der Waals surface area contributed by atoms with Gasteiger partial charge in [0.05, 0.1) is 19.3 Å². The second kappa shape index (κ2) is 5.18. The molecule has 0 aromatic heterocycles. The second-order valence-electron chi connectivity index (χ2n) is 3.83. The Balaban J connectivity index is 2.20. The number of aliphatic hydroxyl groups is 1. The lowest BCUT2D eigenvalue weighted by Crippen LogP contribution is -2.16. The molecule has 0 saturated heterocycles. The van der Waals surface area contributed by atoms with Crippen LogP contribution in [0.1, 0.15) is 18.1 Å². The molecule has 0 spiro atoms. The van der Waals surface area contributed by atoms with Gasteiger partial charge in [0.25, 0.3) is 0 Å². The van der Waals surface area contributed by atoms with Crippen LogP contribution in [0.15, 0.2) is 18.2 Å². The maximum absolute atomic E-state index is 9.83. The lowest BCUT2D eigenvalue weighted by molar-refractivity contribution is 0.177. The van der Waals surface area contributed by atoms with E-state index in [1.165, 1.54) is 0 Å². The van der Waals surface area contributed by atoms with Crippen LogP contribution in [-0.4, -0.2) is 31.9 Å². The van der Waals surface area contributed by atoms with Gasteiger partial charge in [-0.2, -0.15) is 0 Å². The first-order chi connectivity index (χ1) is 7.81. The standard InChI is InChI=1S/C12H17NO3/c1-13-8-10(14)9-3-4-11-12(7-9)16-6-2-5-15-11/h3-4,7,10,13-14H,2,5-6,8H2,1H3. The van der Waals surface area contributed by atoms with Crippen molar-refractivity contribution in [1.29, 1.82) is 0 Å². The highest BCUT2D eigenvalue weighted by Gasteiger charge is 2.13. The Morgan fingerprint density at radius 3 is 2.81 bits per heavy atom. The molecule has 4 heteroatoms. The fourth-order valence-electron chi connectivity index (χ4n) is 1.70. The second-order valence-corrected chi connectivity index (χ2v) is 3.83. The molecule has 16 heavy (non-hydrogen) atoms. The number of nitrogens with one attached hydrogen (secondary N) is 1. The maximum Gasteiger partial charge on any atom is 0.161 e. The highest BCUT2D eigenvalue weighted by atomic mass is 16.5. The minimum atomic E-state index is -0.512. The number of rotatable bonds is 3. The molecule has 0 fully saturated rings. The molecule has 1 heterocycles. The Kier molecular flexibility index (Phi) is 3.64. The monoisotopic (exact) mass is 223 g/mol. The lowest BCUT2D eigenvalue weighted by Gasteiger charge is -2.13. The van der Waals surface area contributed by atoms with E-state index >= 15 is 0 Å². The van der Waals surface area contributed by atoms with Gasteiger partial charge in [-0.1, -0.05) is 6.07 Å². The number of fused-ring (bicyclic) bond motifs is 1. The molecule has 2 N–H and O–H groups in total. The van der Waals surface area contributed by atoms with Gasteiger partial charge in [-0.05, 0) is 24.7 Å². The molecule has 2 rings (SSSR count). The first kappa shape index (κ1) is 11.2. The Morgan fingerprint density at radius 2 is 2.06 bits per heavy atom. The molecule has 1 atom stereocenters. The van der Waals surface area contributed by atoms with Crippen molar-refractivity contribution in [2.75, 3.05) is 26.8 Å². The number of benzene rings is 1. The van der Waals surface area contributed by atoms with Crippen molar-refractivity contribution in [3.05, 3.63) is 23.8 Å². The van der Waals surface area contributed by atoms with Crippen LogP contribution in [0.2, 0.25) is 0 Å². The van der Waals surface area contributed by atoms with Gasteiger partial charge in [-0.3, -0.25) is 0 Å². The largest absolute Gasteiger partial charge is 0.490 e. The van der Waals surface area contributed by atoms with Crippen molar-refractivity contribution < 1.29 is 14.6 Å². The quantitative estimate of drug-likeness (QED) is 0.805. The van der Waals surface area contributed by atoms with Crippen LogP contribution in [0.5, 0.6) is 11.5 Å². The van der Waals surface area contributed by atoms with Gasteiger partial charge in [-0.15, -0.1) is 0 Å². The fourth-order valence-corrected chi connectivity index (χ4v) is 1.70. The summed E-state index contributed by atoms with van der Waals surface area (Å²) in [4.78, 5) is 0. The minimum absolute atomic E-state index is 0.512. The molecule has 4 nitrogen and oxygen atoms in total. The Hall–Kier alpha value is -1.26. The summed E-state index contributed by atoms with van der Waals surface area (Å²) in [5, 5.41) is 12.8. The minimum Gasteiger partial charge on any atom is -0.490 e. The highest BCUT2D eigenvalue weighted by molar-refractivity contribution is 5.44. The van der Waals surface area contributed by atoms with E-state index in [1.807, 2.05) is 25.2 Å². The lowest BCUT2D eigenvalue weighted by atomic mass is 10.1. The fraction of sp³-hybridized carbons (Fsp3) is 0.500. The third-order valence-electron chi connectivity index (χ3n) is 2.55. The van der Waals surface area contributed by atoms with E-state index in [1.54, 1.807) is 0 Å². The summed E-state index contributed by atoms with van der Waals surface area (Å²) in [5.41, 5.74) is 0.846. The van der Waals surface area contributed by atoms with Crippen molar-refractivity contribution >= 4 is 0 Å². The van der Waals surface area contributed by atoms with Crippen LogP contribution in [0.3, 0.4) is 0 Å². The normalized spacial score (nSPS) is 16.6. The third kappa shape index (κ3) is 2.46. The molecule has 0 bridgehead atoms. The van der Waals surface area contributed by atoms with E-state index in [0.29, 0.717) is 19.8 Å². The van der Waals surface area contributed by atoms with Crippen LogP contribution in [-0.2, 0) is 0 Å². The molecule has 1 aliphatic heterocycles. The molecule has 0 radical (unpaired) electrons. The SMILES string of the molecule is CNCC(O)c1ccc2c(c1)OCCCO2. The molecular weight excluding hydrogens is 206 g/mol. The summed E-state index contributed by atoms with van der Waals surface area (Å²) in [5.74, 6) is 1.49. The van der Waals surface area contributed by atoms with Gasteiger partial charge in [0.1, 0.15) is 0 Å². The molecule has 1 aliphatic rings. The molecule has 88 valence electrons. The number of ether oxygens (including phenoxy) is 2.